The molecule has 1 aliphatic rings. The second-order valence-corrected chi connectivity index (χ2v) is 4.17. The highest BCUT2D eigenvalue weighted by Crippen LogP contribution is 2.30. The highest BCUT2D eigenvalue weighted by Gasteiger charge is 2.19. The third-order valence-electron chi connectivity index (χ3n) is 2.48. The summed E-state index contributed by atoms with van der Waals surface area (Å²) in [7, 11) is 0. The lowest BCUT2D eigenvalue weighted by atomic mass is 10.1. The monoisotopic (exact) mass is 278 g/mol. The highest BCUT2D eigenvalue weighted by atomic mass is 35.5. The van der Waals surface area contributed by atoms with E-state index in [-0.39, 0.29) is 17.9 Å². The molecule has 0 aromatic heterocycles. The third-order valence-corrected chi connectivity index (χ3v) is 2.72. The van der Waals surface area contributed by atoms with Gasteiger partial charge in [0.05, 0.1) is 6.61 Å². The fraction of sp³-hybridized carbons (Fsp3) is 0.143. The molecular weight excluding hydrogens is 268 g/mol. The number of halogens is 1. The molecule has 0 atom stereocenters. The van der Waals surface area contributed by atoms with Crippen molar-refractivity contribution in [1.29, 1.82) is 0 Å². The van der Waals surface area contributed by atoms with Crippen LogP contribution in [0.5, 0.6) is 5.75 Å². The molecule has 1 heterocycles. The van der Waals surface area contributed by atoms with Crippen LogP contribution in [0.2, 0.25) is 5.02 Å². The van der Waals surface area contributed by atoms with Gasteiger partial charge in [-0.05, 0) is 37.3 Å². The number of rotatable bonds is 3. The molecular formula is C14H11ClO4. The van der Waals surface area contributed by atoms with Crippen molar-refractivity contribution in [3.05, 3.63) is 46.2 Å². The fourth-order valence-corrected chi connectivity index (χ4v) is 1.80. The second-order valence-electron chi connectivity index (χ2n) is 3.73. The van der Waals surface area contributed by atoms with Gasteiger partial charge in [0.15, 0.2) is 6.29 Å². The van der Waals surface area contributed by atoms with E-state index in [9.17, 15) is 9.59 Å². The van der Waals surface area contributed by atoms with Gasteiger partial charge in [-0.2, -0.15) is 0 Å². The van der Waals surface area contributed by atoms with E-state index < -0.39 is 5.97 Å². The van der Waals surface area contributed by atoms with E-state index in [1.54, 1.807) is 37.3 Å². The van der Waals surface area contributed by atoms with E-state index in [1.165, 1.54) is 0 Å². The van der Waals surface area contributed by atoms with Gasteiger partial charge in [0.25, 0.3) is 0 Å². The van der Waals surface area contributed by atoms with Gasteiger partial charge >= 0.3 is 5.97 Å². The van der Waals surface area contributed by atoms with Crippen LogP contribution in [0.25, 0.3) is 6.08 Å². The molecule has 0 fully saturated rings. The summed E-state index contributed by atoms with van der Waals surface area (Å²) in [5.74, 6) is 0.00313. The Balaban J connectivity index is 2.37. The predicted octanol–water partition coefficient (Wildman–Crippen LogP) is 2.76. The molecule has 0 unspecified atom stereocenters. The maximum Gasteiger partial charge on any atom is 0.345 e. The number of allylic oxidation sites excluding steroid dienone is 1. The number of ether oxygens (including phenoxy) is 2. The molecule has 0 amide bonds. The lowest BCUT2D eigenvalue weighted by Gasteiger charge is -2.16. The Hall–Kier alpha value is -2.07. The zero-order valence-electron chi connectivity index (χ0n) is 10.2. The first-order valence-corrected chi connectivity index (χ1v) is 6.05. The molecule has 2 rings (SSSR count). The highest BCUT2D eigenvalue weighted by molar-refractivity contribution is 6.30. The van der Waals surface area contributed by atoms with E-state index >= 15 is 0 Å². The predicted molar refractivity (Wildman–Crippen MR) is 70.8 cm³/mol. The van der Waals surface area contributed by atoms with Gasteiger partial charge in [0, 0.05) is 10.6 Å². The van der Waals surface area contributed by atoms with E-state index in [4.69, 9.17) is 21.1 Å². The minimum absolute atomic E-state index is 0.140. The lowest BCUT2D eigenvalue weighted by molar-refractivity contribution is -0.139. The summed E-state index contributed by atoms with van der Waals surface area (Å²) in [6.07, 6.45) is 3.70. The minimum Gasteiger partial charge on any atom is -0.462 e. The molecule has 0 aliphatic carbocycles. The molecule has 0 radical (unpaired) electrons. The summed E-state index contributed by atoms with van der Waals surface area (Å²) in [6, 6.07) is 5.08. The zero-order valence-corrected chi connectivity index (χ0v) is 10.9. The Kier molecular flexibility index (Phi) is 4.02. The molecule has 0 saturated carbocycles. The van der Waals surface area contributed by atoms with Crippen LogP contribution in [-0.4, -0.2) is 18.9 Å². The molecule has 1 aromatic carbocycles. The van der Waals surface area contributed by atoms with Gasteiger partial charge in [-0.1, -0.05) is 11.6 Å². The molecule has 98 valence electrons. The first-order valence-electron chi connectivity index (χ1n) is 5.67. The van der Waals surface area contributed by atoms with Crippen LogP contribution in [-0.2, 0) is 14.3 Å². The normalized spacial score (nSPS) is 15.3. The van der Waals surface area contributed by atoms with Crippen LogP contribution in [0.1, 0.15) is 12.5 Å². The Morgan fingerprint density at radius 2 is 2.21 bits per heavy atom. The van der Waals surface area contributed by atoms with Crippen LogP contribution in [0.3, 0.4) is 0 Å². The summed E-state index contributed by atoms with van der Waals surface area (Å²) in [6.45, 7) is 1.86. The molecule has 4 nitrogen and oxygen atoms in total. The SMILES string of the molecule is CCOC(=O)C(C=O)=C1C=Cc2cc(Cl)ccc2O1. The quantitative estimate of drug-likeness (QED) is 0.280. The number of benzene rings is 1. The molecule has 1 aromatic rings. The van der Waals surface area contributed by atoms with E-state index in [1.807, 2.05) is 0 Å². The largest absolute Gasteiger partial charge is 0.462 e. The maximum absolute atomic E-state index is 11.6. The number of carbonyl (C=O) groups is 2. The van der Waals surface area contributed by atoms with Crippen LogP contribution in [0.15, 0.2) is 35.6 Å². The molecule has 0 bridgehead atoms. The summed E-state index contributed by atoms with van der Waals surface area (Å²) in [5.41, 5.74) is 0.643. The summed E-state index contributed by atoms with van der Waals surface area (Å²) in [5, 5.41) is 0.584. The van der Waals surface area contributed by atoms with Gasteiger partial charge < -0.3 is 9.47 Å². The smallest absolute Gasteiger partial charge is 0.345 e. The van der Waals surface area contributed by atoms with Gasteiger partial charge in [-0.15, -0.1) is 0 Å². The van der Waals surface area contributed by atoms with Crippen molar-refractivity contribution in [3.8, 4) is 5.75 Å². The number of aldehydes is 1. The Morgan fingerprint density at radius 1 is 1.42 bits per heavy atom. The van der Waals surface area contributed by atoms with E-state index in [0.717, 1.165) is 5.56 Å². The Morgan fingerprint density at radius 3 is 2.89 bits per heavy atom. The van der Waals surface area contributed by atoms with Crippen molar-refractivity contribution in [2.45, 2.75) is 6.92 Å². The van der Waals surface area contributed by atoms with Crippen molar-refractivity contribution in [2.75, 3.05) is 6.61 Å². The standard InChI is InChI=1S/C14H11ClO4/c1-2-18-14(17)11(8-16)13-5-3-9-7-10(15)4-6-12(9)19-13/h3-8H,2H2,1H3. The Labute approximate surface area is 115 Å². The van der Waals surface area contributed by atoms with Crippen LogP contribution in [0.4, 0.5) is 0 Å². The van der Waals surface area contributed by atoms with Crippen molar-refractivity contribution in [1.82, 2.24) is 0 Å². The first-order chi connectivity index (χ1) is 9.15. The average molecular weight is 279 g/mol. The molecule has 19 heavy (non-hydrogen) atoms. The minimum atomic E-state index is -0.699. The van der Waals surface area contributed by atoms with Gasteiger partial charge in [-0.25, -0.2) is 4.79 Å². The van der Waals surface area contributed by atoms with Gasteiger partial charge in [0.1, 0.15) is 17.1 Å². The number of hydrogen-bond acceptors (Lipinski definition) is 4. The average Bonchev–Trinajstić information content (AvgIpc) is 2.40. The van der Waals surface area contributed by atoms with E-state index in [0.29, 0.717) is 17.1 Å². The van der Waals surface area contributed by atoms with Crippen molar-refractivity contribution >= 4 is 29.9 Å². The summed E-state index contributed by atoms with van der Waals surface area (Å²) < 4.78 is 10.3. The van der Waals surface area contributed by atoms with Gasteiger partial charge in [-0.3, -0.25) is 4.79 Å². The Bertz CT molecular complexity index is 587. The summed E-state index contributed by atoms with van der Waals surface area (Å²) >= 11 is 5.86. The molecule has 0 N–H and O–H groups in total. The van der Waals surface area contributed by atoms with Crippen LogP contribution in [0, 0.1) is 0 Å². The molecule has 1 aliphatic heterocycles. The van der Waals surface area contributed by atoms with Crippen LogP contribution >= 0.6 is 11.6 Å². The van der Waals surface area contributed by atoms with Gasteiger partial charge in [0.2, 0.25) is 0 Å². The van der Waals surface area contributed by atoms with Crippen molar-refractivity contribution in [3.63, 3.8) is 0 Å². The van der Waals surface area contributed by atoms with Crippen LogP contribution < -0.4 is 4.74 Å². The fourth-order valence-electron chi connectivity index (χ4n) is 1.62. The van der Waals surface area contributed by atoms with E-state index in [2.05, 4.69) is 0 Å². The zero-order chi connectivity index (χ0) is 13.8. The molecule has 0 spiro atoms. The maximum atomic E-state index is 11.6. The topological polar surface area (TPSA) is 52.6 Å². The lowest BCUT2D eigenvalue weighted by Crippen LogP contribution is -2.14. The second kappa shape index (κ2) is 5.71. The van der Waals surface area contributed by atoms with Crippen molar-refractivity contribution < 1.29 is 19.1 Å². The number of carbonyl (C=O) groups excluding carboxylic acids is 2. The number of hydrogen-bond donors (Lipinski definition) is 0. The van der Waals surface area contributed by atoms with Crippen molar-refractivity contribution in [2.24, 2.45) is 0 Å². The third kappa shape index (κ3) is 2.85. The number of esters is 1. The molecule has 0 saturated heterocycles. The first kappa shape index (κ1) is 13.4. The molecule has 5 heteroatoms. The summed E-state index contributed by atoms with van der Waals surface area (Å²) in [4.78, 5) is 22.6. The number of fused-ring (bicyclic) bond motifs is 1.